The quantitative estimate of drug-likeness (QED) is 0.0196. The summed E-state index contributed by atoms with van der Waals surface area (Å²) in [7, 11) is -1.07. The van der Waals surface area contributed by atoms with Gasteiger partial charge in [0, 0.05) is 11.2 Å². The minimum atomic E-state index is -2.17. The second-order valence-corrected chi connectivity index (χ2v) is 20.6. The number of unbranched alkanes of at least 4 members (excludes halogenated alkanes) is 3. The summed E-state index contributed by atoms with van der Waals surface area (Å²) in [6.07, 6.45) is 11.8. The third kappa shape index (κ3) is 24.3. The first-order valence-electron chi connectivity index (χ1n) is 21.4. The molecule has 0 unspecified atom stereocenters. The molecule has 0 fully saturated rings. The van der Waals surface area contributed by atoms with Gasteiger partial charge in [0.05, 0.1) is 193 Å². The molecule has 0 aliphatic rings. The van der Waals surface area contributed by atoms with E-state index in [-0.39, 0.29) is 44.8 Å². The van der Waals surface area contributed by atoms with Crippen LogP contribution in [0, 0.1) is 211 Å². The Morgan fingerprint density at radius 1 is 0.262 bits per heavy atom. The summed E-state index contributed by atoms with van der Waals surface area (Å²) in [5.74, 6) is -60.3. The van der Waals surface area contributed by atoms with Crippen LogP contribution < -0.4 is 0 Å². The fraction of sp³-hybridized carbons (Fsp3) is 0.245. The van der Waals surface area contributed by atoms with E-state index in [4.69, 9.17) is 24.8 Å². The summed E-state index contributed by atoms with van der Waals surface area (Å²) in [6, 6.07) is 6.15. The van der Waals surface area contributed by atoms with Crippen molar-refractivity contribution in [2.75, 3.05) is 18.5 Å². The van der Waals surface area contributed by atoms with Gasteiger partial charge in [-0.25, -0.2) is 79.0 Å². The van der Waals surface area contributed by atoms with Gasteiger partial charge in [-0.05, 0) is 19.3 Å². The van der Waals surface area contributed by atoms with Crippen molar-refractivity contribution in [3.8, 4) is 0 Å². The molecule has 0 N–H and O–H groups in total. The van der Waals surface area contributed by atoms with Gasteiger partial charge in [-0.2, -0.15) is 0 Å². The number of thiocarbonyl (C=S) groups is 1. The molecule has 0 saturated carbocycles. The summed E-state index contributed by atoms with van der Waals surface area (Å²) >= 11 is 10.9. The van der Waals surface area contributed by atoms with Gasteiger partial charge in [0.25, 0.3) is 0 Å². The first-order chi connectivity index (χ1) is 37.8. The second-order valence-electron chi connectivity index (χ2n) is 14.8. The summed E-state index contributed by atoms with van der Waals surface area (Å²) in [5, 5.41) is 0. The Hall–Kier alpha value is -4.56. The maximum absolute atomic E-state index is 12.0. The first kappa shape index (κ1) is 83.7. The van der Waals surface area contributed by atoms with Crippen LogP contribution in [0.15, 0.2) is 0 Å². The number of rotatable bonds is 10. The van der Waals surface area contributed by atoms with Crippen LogP contribution in [-0.2, 0) is 57.4 Å². The molecule has 35 heteroatoms. The van der Waals surface area contributed by atoms with Crippen molar-refractivity contribution in [1.29, 1.82) is 0 Å². The van der Waals surface area contributed by atoms with Gasteiger partial charge in [-0.1, -0.05) is 40.0 Å². The average molecular weight is 1670 g/mol. The third-order valence-electron chi connectivity index (χ3n) is 9.15. The van der Waals surface area contributed by atoms with Crippen molar-refractivity contribution in [2.24, 2.45) is 0 Å². The molecule has 0 saturated heterocycles. The Bertz CT molecular complexity index is 2480. The van der Waals surface area contributed by atoms with Crippen LogP contribution in [0.25, 0.3) is 0 Å². The van der Waals surface area contributed by atoms with E-state index in [9.17, 15) is 132 Å². The van der Waals surface area contributed by atoms with Crippen LogP contribution in [0.5, 0.6) is 0 Å². The first-order valence-corrected chi connectivity index (χ1v) is 24.5. The fourth-order valence-electron chi connectivity index (χ4n) is 4.96. The summed E-state index contributed by atoms with van der Waals surface area (Å²) < 4.78 is 360. The van der Waals surface area contributed by atoms with Gasteiger partial charge in [-0.15, -0.1) is 36.4 Å². The molecule has 0 amide bonds. The molecule has 0 atom stereocenters. The minimum absolute atomic E-state index is 0. The molecule has 6 aromatic carbocycles. The van der Waals surface area contributed by atoms with Crippen molar-refractivity contribution in [1.82, 2.24) is 0 Å². The average Bonchev–Trinajstić information content (AvgIpc) is 3.51. The van der Waals surface area contributed by atoms with Crippen molar-refractivity contribution in [3.63, 3.8) is 0 Å². The Morgan fingerprint density at radius 3 is 0.452 bits per heavy atom. The topological polar surface area (TPSA) is 0 Å². The zero-order valence-corrected chi connectivity index (χ0v) is 47.9. The zero-order valence-electron chi connectivity index (χ0n) is 41.1. The van der Waals surface area contributed by atoms with E-state index in [1.165, 1.54) is 57.0 Å². The number of halogens is 30. The standard InChI is InChI=1S/C13H27PS2.6C6F5.2Au/c1-4-7-10-14(13(15)16,11-8-5-2)12-9-6-3;6*7-2-1-3(8)5(10)6(11)4(2)9;;/h4-12H2,1-3H3;;;;;;;;/q;6*-1;2*+3. The smallest absolute Gasteiger partial charge is 0.390 e. The van der Waals surface area contributed by atoms with Gasteiger partial charge in [0.1, 0.15) is 0 Å². The maximum atomic E-state index is 12.0. The van der Waals surface area contributed by atoms with E-state index in [1.807, 2.05) is 0 Å². The molecule has 472 valence electrons. The van der Waals surface area contributed by atoms with E-state index in [0.717, 1.165) is 40.3 Å². The van der Waals surface area contributed by atoms with E-state index in [1.54, 1.807) is 0 Å². The predicted molar refractivity (Wildman–Crippen MR) is 237 cm³/mol. The van der Waals surface area contributed by atoms with Gasteiger partial charge in [0.2, 0.25) is 0 Å². The second kappa shape index (κ2) is 39.3. The van der Waals surface area contributed by atoms with Crippen molar-refractivity contribution in [2.45, 2.75) is 59.3 Å². The molecule has 0 heterocycles. The Labute approximate surface area is 498 Å². The van der Waals surface area contributed by atoms with E-state index >= 15 is 0 Å². The third-order valence-corrected chi connectivity index (χ3v) is 15.8. The molecule has 0 nitrogen and oxygen atoms in total. The Kier molecular flexibility index (Phi) is 39.1. The monoisotopic (exact) mass is 1670 g/mol. The molecule has 0 spiro atoms. The largest absolute Gasteiger partial charge is 3.00 e. The fourth-order valence-corrected chi connectivity index (χ4v) is 10.6. The van der Waals surface area contributed by atoms with Crippen LogP contribution in [-0.4, -0.2) is 22.4 Å². The molecule has 0 aliphatic carbocycles. The molecule has 0 radical (unpaired) electrons. The Balaban J connectivity index is -0.000000911. The Morgan fingerprint density at radius 2 is 0.369 bits per heavy atom. The summed E-state index contributed by atoms with van der Waals surface area (Å²) in [6.45, 7) is 6.79. The molecule has 0 aliphatic heterocycles. The minimum Gasteiger partial charge on any atom is -0.390 e. The molecule has 6 rings (SSSR count). The maximum Gasteiger partial charge on any atom is 3.00 e. The van der Waals surface area contributed by atoms with E-state index in [0.29, 0.717) is 0 Å². The van der Waals surface area contributed by atoms with Gasteiger partial charge in [0.15, 0.2) is 0 Å². The van der Waals surface area contributed by atoms with Crippen molar-refractivity contribution in [3.05, 3.63) is 211 Å². The predicted octanol–water partition coefficient (Wildman–Crippen LogP) is 18.3. The van der Waals surface area contributed by atoms with Crippen LogP contribution in [0.3, 0.4) is 0 Å². The van der Waals surface area contributed by atoms with Crippen molar-refractivity contribution >= 4 is 36.0 Å². The summed E-state index contributed by atoms with van der Waals surface area (Å²) in [5.41, 5.74) is 0. The molecule has 0 aromatic heterocycles. The van der Waals surface area contributed by atoms with Gasteiger partial charge >= 0.3 is 44.8 Å². The SMILES string of the molecule is CCCC[P+](CCCC)(CCCC)C(=S)[S-].Fc1[c-]c(F)c(F)c(F)c1F.Fc1[c-]c(F)c(F)c(F)c1F.Fc1[c-]c(F)c(F)c(F)c1F.Fc1[c-]c(F)c(F)c(F)c1F.Fc1[c-]c(F)c(F)c(F)c1F.Fc1[c-]c(F)c(F)c(F)c1F.[Au+3].[Au+3]. The molecule has 0 bridgehead atoms. The number of hydrogen-bond acceptors (Lipinski definition) is 2. The molecular formula is C49H27Au2F30PS2. The van der Waals surface area contributed by atoms with Gasteiger partial charge in [-0.3, -0.25) is 52.7 Å². The number of benzene rings is 6. The normalized spacial score (nSPS) is 10.3. The zero-order chi connectivity index (χ0) is 64.0. The van der Waals surface area contributed by atoms with Crippen LogP contribution in [0.1, 0.15) is 59.3 Å². The van der Waals surface area contributed by atoms with Crippen molar-refractivity contribution < 1.29 is 176 Å². The van der Waals surface area contributed by atoms with Crippen LogP contribution >= 0.6 is 19.5 Å². The van der Waals surface area contributed by atoms with Gasteiger partial charge < -0.3 is 24.8 Å². The molecule has 84 heavy (non-hydrogen) atoms. The molecular weight excluding hydrogens is 1650 g/mol. The number of hydrogen-bond donors (Lipinski definition) is 0. The van der Waals surface area contributed by atoms with Crippen LogP contribution in [0.4, 0.5) is 132 Å². The molecule has 6 aromatic rings. The summed E-state index contributed by atoms with van der Waals surface area (Å²) in [4.78, 5) is 0. The van der Waals surface area contributed by atoms with Crippen LogP contribution in [0.2, 0.25) is 0 Å². The van der Waals surface area contributed by atoms with E-state index in [2.05, 4.69) is 20.8 Å². The van der Waals surface area contributed by atoms with E-state index < -0.39 is 182 Å².